The zero-order chi connectivity index (χ0) is 16.1. The van der Waals surface area contributed by atoms with Gasteiger partial charge in [0.2, 0.25) is 5.91 Å². The molecule has 0 aliphatic rings. The van der Waals surface area contributed by atoms with E-state index in [1.807, 2.05) is 42.6 Å². The molecule has 118 valence electrons. The number of aromatic amines is 1. The normalized spacial score (nSPS) is 10.7. The van der Waals surface area contributed by atoms with E-state index < -0.39 is 0 Å². The van der Waals surface area contributed by atoms with E-state index in [4.69, 9.17) is 0 Å². The molecule has 0 saturated carbocycles. The van der Waals surface area contributed by atoms with Crippen molar-refractivity contribution in [1.82, 2.24) is 15.2 Å². The average molecular weight is 326 g/mol. The van der Waals surface area contributed by atoms with Crippen LogP contribution in [-0.2, 0) is 11.2 Å². The van der Waals surface area contributed by atoms with Gasteiger partial charge < -0.3 is 5.32 Å². The maximum atomic E-state index is 12.1. The monoisotopic (exact) mass is 326 g/mol. The van der Waals surface area contributed by atoms with Gasteiger partial charge in [-0.1, -0.05) is 30.3 Å². The van der Waals surface area contributed by atoms with E-state index in [2.05, 4.69) is 20.5 Å². The molecule has 0 saturated heterocycles. The molecule has 0 bridgehead atoms. The van der Waals surface area contributed by atoms with E-state index >= 15 is 0 Å². The topological polar surface area (TPSA) is 70.7 Å². The Bertz CT molecular complexity index is 779. The second-order valence-electron chi connectivity index (χ2n) is 5.31. The van der Waals surface area contributed by atoms with Crippen molar-refractivity contribution in [3.63, 3.8) is 0 Å². The number of H-pyrrole nitrogens is 1. The number of carbonyl (C=O) groups excluding carboxylic acids is 1. The summed E-state index contributed by atoms with van der Waals surface area (Å²) in [5.74, 6) is -0.00291. The summed E-state index contributed by atoms with van der Waals surface area (Å²) in [6.45, 7) is 1.98. The predicted molar refractivity (Wildman–Crippen MR) is 92.4 cm³/mol. The zero-order valence-corrected chi connectivity index (χ0v) is 13.7. The van der Waals surface area contributed by atoms with E-state index in [1.165, 1.54) is 0 Å². The lowest BCUT2D eigenvalue weighted by molar-refractivity contribution is -0.116. The zero-order valence-electron chi connectivity index (χ0n) is 12.9. The Labute approximate surface area is 138 Å². The summed E-state index contributed by atoms with van der Waals surface area (Å²) in [5, 5.41) is 13.0. The Morgan fingerprint density at radius 2 is 2.13 bits per heavy atom. The summed E-state index contributed by atoms with van der Waals surface area (Å²) in [7, 11) is 0. The first kappa shape index (κ1) is 15.4. The average Bonchev–Trinajstić information content (AvgIpc) is 3.17. The fourth-order valence-corrected chi connectivity index (χ4v) is 3.15. The molecule has 0 fully saturated rings. The molecule has 2 heterocycles. The smallest absolute Gasteiger partial charge is 0.224 e. The van der Waals surface area contributed by atoms with Crippen LogP contribution in [0.1, 0.15) is 23.5 Å². The lowest BCUT2D eigenvalue weighted by Gasteiger charge is -2.05. The number of amides is 1. The summed E-state index contributed by atoms with van der Waals surface area (Å²) >= 11 is 1.65. The Morgan fingerprint density at radius 1 is 1.30 bits per heavy atom. The molecule has 0 radical (unpaired) electrons. The van der Waals surface area contributed by atoms with E-state index in [9.17, 15) is 4.79 Å². The first-order valence-corrected chi connectivity index (χ1v) is 8.40. The highest BCUT2D eigenvalue weighted by Gasteiger charge is 2.11. The van der Waals surface area contributed by atoms with E-state index in [-0.39, 0.29) is 5.91 Å². The summed E-state index contributed by atoms with van der Waals surface area (Å²) < 4.78 is 0. The van der Waals surface area contributed by atoms with Crippen LogP contribution < -0.4 is 5.32 Å². The van der Waals surface area contributed by atoms with Crippen molar-refractivity contribution < 1.29 is 4.79 Å². The molecule has 0 spiro atoms. The Kier molecular flexibility index (Phi) is 4.83. The van der Waals surface area contributed by atoms with Crippen LogP contribution >= 0.6 is 11.3 Å². The summed E-state index contributed by atoms with van der Waals surface area (Å²) in [6, 6.07) is 9.83. The van der Waals surface area contributed by atoms with Crippen LogP contribution in [0.4, 0.5) is 5.69 Å². The minimum atomic E-state index is -0.00291. The van der Waals surface area contributed by atoms with Gasteiger partial charge in [0.25, 0.3) is 0 Å². The number of benzene rings is 1. The van der Waals surface area contributed by atoms with Crippen LogP contribution in [0.5, 0.6) is 0 Å². The van der Waals surface area contributed by atoms with Crippen molar-refractivity contribution in [3.8, 4) is 11.3 Å². The Hall–Kier alpha value is -2.47. The fourth-order valence-electron chi connectivity index (χ4n) is 2.34. The highest BCUT2D eigenvalue weighted by atomic mass is 32.1. The molecule has 0 atom stereocenters. The van der Waals surface area contributed by atoms with Gasteiger partial charge in [0.05, 0.1) is 22.6 Å². The molecule has 2 N–H and O–H groups in total. The molecular weight excluding hydrogens is 308 g/mol. The minimum absolute atomic E-state index is 0.00291. The molecule has 2 aromatic heterocycles. The van der Waals surface area contributed by atoms with Gasteiger partial charge in [-0.25, -0.2) is 4.98 Å². The molecule has 1 amide bonds. The predicted octanol–water partition coefficient (Wildman–Crippen LogP) is 3.80. The molecule has 5 nitrogen and oxygen atoms in total. The van der Waals surface area contributed by atoms with E-state index in [0.29, 0.717) is 12.1 Å². The highest BCUT2D eigenvalue weighted by Crippen LogP contribution is 2.25. The molecule has 0 aliphatic carbocycles. The van der Waals surface area contributed by atoms with Gasteiger partial charge in [-0.2, -0.15) is 5.10 Å². The third-order valence-electron chi connectivity index (χ3n) is 3.44. The minimum Gasteiger partial charge on any atom is -0.323 e. The van der Waals surface area contributed by atoms with Crippen LogP contribution in [0.2, 0.25) is 0 Å². The molecule has 3 rings (SSSR count). The second-order valence-corrected chi connectivity index (χ2v) is 6.25. The summed E-state index contributed by atoms with van der Waals surface area (Å²) in [4.78, 5) is 16.5. The molecule has 6 heteroatoms. The molecule has 1 aromatic carbocycles. The van der Waals surface area contributed by atoms with Gasteiger partial charge >= 0.3 is 0 Å². The number of anilines is 1. The standard InChI is InChI=1S/C17H18N4OS/c1-12-11-23-16(19-12)9-5-8-15(22)20-14-10-18-21-17(14)13-6-3-2-4-7-13/h2-4,6-7,10-11H,5,8-9H2,1H3,(H,18,21)(H,20,22). The van der Waals surface area contributed by atoms with Crippen molar-refractivity contribution in [2.45, 2.75) is 26.2 Å². The number of nitrogens with one attached hydrogen (secondary N) is 2. The van der Waals surface area contributed by atoms with Gasteiger partial charge in [0.1, 0.15) is 0 Å². The molecular formula is C17H18N4OS. The van der Waals surface area contributed by atoms with Gasteiger partial charge in [-0.15, -0.1) is 11.3 Å². The van der Waals surface area contributed by atoms with Crippen LogP contribution in [0, 0.1) is 6.92 Å². The van der Waals surface area contributed by atoms with Crippen LogP contribution in [-0.4, -0.2) is 21.1 Å². The number of aromatic nitrogens is 3. The maximum Gasteiger partial charge on any atom is 0.224 e. The van der Waals surface area contributed by atoms with Crippen molar-refractivity contribution >= 4 is 22.9 Å². The number of aryl methyl sites for hydroxylation is 2. The lowest BCUT2D eigenvalue weighted by atomic mass is 10.1. The number of carbonyl (C=O) groups is 1. The number of nitrogens with zero attached hydrogens (tertiary/aromatic N) is 2. The lowest BCUT2D eigenvalue weighted by Crippen LogP contribution is -2.11. The van der Waals surface area contributed by atoms with Crippen molar-refractivity contribution in [1.29, 1.82) is 0 Å². The van der Waals surface area contributed by atoms with Crippen LogP contribution in [0.25, 0.3) is 11.3 Å². The van der Waals surface area contributed by atoms with Crippen LogP contribution in [0.3, 0.4) is 0 Å². The Balaban J connectivity index is 1.55. The summed E-state index contributed by atoms with van der Waals surface area (Å²) in [5.41, 5.74) is 3.58. The fraction of sp³-hybridized carbons (Fsp3) is 0.235. The molecule has 23 heavy (non-hydrogen) atoms. The number of hydrogen-bond donors (Lipinski definition) is 2. The number of rotatable bonds is 6. The van der Waals surface area contributed by atoms with Crippen LogP contribution in [0.15, 0.2) is 41.9 Å². The van der Waals surface area contributed by atoms with E-state index in [1.54, 1.807) is 17.5 Å². The van der Waals surface area contributed by atoms with Gasteiger partial charge in [-0.05, 0) is 19.8 Å². The maximum absolute atomic E-state index is 12.1. The Morgan fingerprint density at radius 3 is 2.87 bits per heavy atom. The molecule has 0 unspecified atom stereocenters. The molecule has 0 aliphatic heterocycles. The SMILES string of the molecule is Cc1csc(CCCC(=O)Nc2cn[nH]c2-c2ccccc2)n1. The third kappa shape index (κ3) is 4.04. The van der Waals surface area contributed by atoms with Crippen molar-refractivity contribution in [2.75, 3.05) is 5.32 Å². The van der Waals surface area contributed by atoms with Gasteiger partial charge in [0, 0.05) is 23.1 Å². The first-order valence-electron chi connectivity index (χ1n) is 7.52. The number of hydrogen-bond acceptors (Lipinski definition) is 4. The molecule has 3 aromatic rings. The largest absolute Gasteiger partial charge is 0.323 e. The van der Waals surface area contributed by atoms with Crippen molar-refractivity contribution in [2.24, 2.45) is 0 Å². The van der Waals surface area contributed by atoms with Gasteiger partial charge in [0.15, 0.2) is 0 Å². The van der Waals surface area contributed by atoms with Crippen molar-refractivity contribution in [3.05, 3.63) is 52.6 Å². The van der Waals surface area contributed by atoms with Gasteiger partial charge in [-0.3, -0.25) is 9.89 Å². The second kappa shape index (κ2) is 7.19. The third-order valence-corrected chi connectivity index (χ3v) is 4.46. The van der Waals surface area contributed by atoms with E-state index in [0.717, 1.165) is 34.8 Å². The highest BCUT2D eigenvalue weighted by molar-refractivity contribution is 7.09. The quantitative estimate of drug-likeness (QED) is 0.724. The number of thiazole rings is 1. The first-order chi connectivity index (χ1) is 11.2. The summed E-state index contributed by atoms with van der Waals surface area (Å²) in [6.07, 6.45) is 3.74.